The van der Waals surface area contributed by atoms with E-state index in [4.69, 9.17) is 0 Å². The highest BCUT2D eigenvalue weighted by atomic mass is 79.9. The Labute approximate surface area is 153 Å². The molecule has 128 valence electrons. The van der Waals surface area contributed by atoms with Crippen molar-refractivity contribution in [2.75, 3.05) is 5.32 Å². The summed E-state index contributed by atoms with van der Waals surface area (Å²) in [7, 11) is 0. The van der Waals surface area contributed by atoms with E-state index in [0.29, 0.717) is 21.5 Å². The van der Waals surface area contributed by atoms with Crippen LogP contribution < -0.4 is 10.6 Å². The molecule has 3 N–H and O–H groups in total. The van der Waals surface area contributed by atoms with Crippen LogP contribution in [-0.4, -0.2) is 27.0 Å². The molecule has 0 fully saturated rings. The lowest BCUT2D eigenvalue weighted by Crippen LogP contribution is -2.29. The molecule has 0 aliphatic carbocycles. The largest absolute Gasteiger partial charge is 0.507 e. The Morgan fingerprint density at radius 2 is 1.92 bits per heavy atom. The smallest absolute Gasteiger partial charge is 0.251 e. The number of nitrogens with zero attached hydrogens (tertiary/aromatic N) is 2. The SMILES string of the molecule is CC(C)NC(=O)c1ccc(Nc2ncc3cc(Br)c(O)cc3n2)cc1. The maximum absolute atomic E-state index is 11.9. The quantitative estimate of drug-likeness (QED) is 0.616. The summed E-state index contributed by atoms with van der Waals surface area (Å²) < 4.78 is 0.597. The first-order chi connectivity index (χ1) is 11.9. The molecule has 0 aliphatic heterocycles. The van der Waals surface area contributed by atoms with Crippen molar-refractivity contribution in [3.05, 3.63) is 52.6 Å². The summed E-state index contributed by atoms with van der Waals surface area (Å²) in [6, 6.07) is 10.5. The summed E-state index contributed by atoms with van der Waals surface area (Å²) in [5.74, 6) is 0.427. The molecule has 7 heteroatoms. The van der Waals surface area contributed by atoms with E-state index in [1.807, 2.05) is 13.8 Å². The van der Waals surface area contributed by atoms with E-state index in [2.05, 4.69) is 36.5 Å². The first-order valence-electron chi connectivity index (χ1n) is 7.75. The number of rotatable bonds is 4. The molecule has 0 aliphatic rings. The van der Waals surface area contributed by atoms with Crippen LogP contribution in [0.3, 0.4) is 0 Å². The molecule has 3 rings (SSSR count). The van der Waals surface area contributed by atoms with Crippen LogP contribution in [0.25, 0.3) is 10.9 Å². The van der Waals surface area contributed by atoms with E-state index < -0.39 is 0 Å². The Morgan fingerprint density at radius 3 is 2.60 bits per heavy atom. The molecule has 0 saturated heterocycles. The summed E-state index contributed by atoms with van der Waals surface area (Å²) in [6.45, 7) is 3.84. The van der Waals surface area contributed by atoms with Gasteiger partial charge < -0.3 is 15.7 Å². The summed E-state index contributed by atoms with van der Waals surface area (Å²) in [5.41, 5.74) is 1.99. The van der Waals surface area contributed by atoms with Crippen LogP contribution in [0.2, 0.25) is 0 Å². The van der Waals surface area contributed by atoms with Crippen LogP contribution in [0, 0.1) is 0 Å². The van der Waals surface area contributed by atoms with Crippen molar-refractivity contribution in [2.24, 2.45) is 0 Å². The van der Waals surface area contributed by atoms with Crippen molar-refractivity contribution in [3.63, 3.8) is 0 Å². The highest BCUT2D eigenvalue weighted by Crippen LogP contribution is 2.28. The van der Waals surface area contributed by atoms with Crippen molar-refractivity contribution in [3.8, 4) is 5.75 Å². The van der Waals surface area contributed by atoms with Gasteiger partial charge in [0.2, 0.25) is 5.95 Å². The Kier molecular flexibility index (Phi) is 4.85. The molecule has 25 heavy (non-hydrogen) atoms. The van der Waals surface area contributed by atoms with Gasteiger partial charge in [0.1, 0.15) is 5.75 Å². The zero-order valence-electron chi connectivity index (χ0n) is 13.7. The first-order valence-corrected chi connectivity index (χ1v) is 8.55. The average Bonchev–Trinajstić information content (AvgIpc) is 2.56. The molecular weight excluding hydrogens is 384 g/mol. The molecule has 0 saturated carbocycles. The van der Waals surface area contributed by atoms with Gasteiger partial charge in [-0.3, -0.25) is 4.79 Å². The van der Waals surface area contributed by atoms with Crippen LogP contribution in [0.1, 0.15) is 24.2 Å². The number of carbonyl (C=O) groups excluding carboxylic acids is 1. The number of carbonyl (C=O) groups is 1. The third-order valence-electron chi connectivity index (χ3n) is 3.47. The molecule has 0 unspecified atom stereocenters. The molecule has 1 aromatic heterocycles. The minimum Gasteiger partial charge on any atom is -0.507 e. The van der Waals surface area contributed by atoms with Crippen molar-refractivity contribution >= 4 is 44.4 Å². The maximum atomic E-state index is 11.9. The Balaban J connectivity index is 1.79. The fraction of sp³-hybridized carbons (Fsp3) is 0.167. The normalized spacial score (nSPS) is 10.9. The maximum Gasteiger partial charge on any atom is 0.251 e. The number of amides is 1. The highest BCUT2D eigenvalue weighted by Gasteiger charge is 2.08. The Hall–Kier alpha value is -2.67. The molecule has 0 atom stereocenters. The summed E-state index contributed by atoms with van der Waals surface area (Å²) >= 11 is 3.27. The van der Waals surface area contributed by atoms with Crippen LogP contribution >= 0.6 is 15.9 Å². The van der Waals surface area contributed by atoms with Gasteiger partial charge in [0.15, 0.2) is 0 Å². The van der Waals surface area contributed by atoms with E-state index in [1.165, 1.54) is 0 Å². The number of aromatic hydroxyl groups is 1. The number of phenols is 1. The van der Waals surface area contributed by atoms with Crippen LogP contribution in [0.15, 0.2) is 47.1 Å². The zero-order chi connectivity index (χ0) is 18.0. The number of halogens is 1. The third-order valence-corrected chi connectivity index (χ3v) is 4.11. The van der Waals surface area contributed by atoms with Gasteiger partial charge in [-0.05, 0) is 60.1 Å². The van der Waals surface area contributed by atoms with E-state index in [1.54, 1.807) is 42.6 Å². The van der Waals surface area contributed by atoms with Crippen molar-refractivity contribution < 1.29 is 9.90 Å². The number of hydrogen-bond donors (Lipinski definition) is 3. The topological polar surface area (TPSA) is 87.1 Å². The number of benzene rings is 2. The fourth-order valence-corrected chi connectivity index (χ4v) is 2.64. The second-order valence-corrected chi connectivity index (χ2v) is 6.74. The van der Waals surface area contributed by atoms with E-state index in [0.717, 1.165) is 11.1 Å². The van der Waals surface area contributed by atoms with E-state index >= 15 is 0 Å². The first kappa shape index (κ1) is 17.2. The van der Waals surface area contributed by atoms with E-state index in [9.17, 15) is 9.90 Å². The number of nitrogens with one attached hydrogen (secondary N) is 2. The zero-order valence-corrected chi connectivity index (χ0v) is 15.3. The molecule has 0 spiro atoms. The molecule has 1 amide bonds. The summed E-state index contributed by atoms with van der Waals surface area (Å²) in [6.07, 6.45) is 1.68. The predicted octanol–water partition coefficient (Wildman–Crippen LogP) is 3.98. The molecule has 3 aromatic rings. The molecule has 1 heterocycles. The van der Waals surface area contributed by atoms with Crippen LogP contribution in [-0.2, 0) is 0 Å². The van der Waals surface area contributed by atoms with Crippen LogP contribution in [0.4, 0.5) is 11.6 Å². The average molecular weight is 401 g/mol. The van der Waals surface area contributed by atoms with Gasteiger partial charge in [-0.1, -0.05) is 0 Å². The molecule has 6 nitrogen and oxygen atoms in total. The predicted molar refractivity (Wildman–Crippen MR) is 101 cm³/mol. The van der Waals surface area contributed by atoms with Gasteiger partial charge in [-0.25, -0.2) is 9.97 Å². The van der Waals surface area contributed by atoms with Crippen molar-refractivity contribution in [2.45, 2.75) is 19.9 Å². The summed E-state index contributed by atoms with van der Waals surface area (Å²) in [4.78, 5) is 20.6. The van der Waals surface area contributed by atoms with E-state index in [-0.39, 0.29) is 17.7 Å². The molecule has 2 aromatic carbocycles. The summed E-state index contributed by atoms with van der Waals surface area (Å²) in [5, 5.41) is 16.5. The van der Waals surface area contributed by atoms with Crippen molar-refractivity contribution in [1.82, 2.24) is 15.3 Å². The lowest BCUT2D eigenvalue weighted by molar-refractivity contribution is 0.0943. The monoisotopic (exact) mass is 400 g/mol. The number of fused-ring (bicyclic) bond motifs is 1. The lowest BCUT2D eigenvalue weighted by atomic mass is 10.2. The standard InChI is InChI=1S/C18H17BrN4O2/c1-10(2)21-17(25)11-3-5-13(6-4-11)22-18-20-9-12-7-14(19)16(24)8-15(12)23-18/h3-10,24H,1-2H3,(H,21,25)(H,20,22,23). The van der Waals surface area contributed by atoms with Gasteiger partial charge >= 0.3 is 0 Å². The van der Waals surface area contributed by atoms with Gasteiger partial charge in [0.25, 0.3) is 5.91 Å². The number of anilines is 2. The number of hydrogen-bond acceptors (Lipinski definition) is 5. The third kappa shape index (κ3) is 4.06. The molecule has 0 radical (unpaired) electrons. The lowest BCUT2D eigenvalue weighted by Gasteiger charge is -2.09. The van der Waals surface area contributed by atoms with Gasteiger partial charge in [-0.2, -0.15) is 0 Å². The Bertz CT molecular complexity index is 926. The van der Waals surface area contributed by atoms with Crippen molar-refractivity contribution in [1.29, 1.82) is 0 Å². The second-order valence-electron chi connectivity index (χ2n) is 5.89. The Morgan fingerprint density at radius 1 is 1.20 bits per heavy atom. The molecule has 0 bridgehead atoms. The van der Waals surface area contributed by atoms with Gasteiger partial charge in [0.05, 0.1) is 9.99 Å². The van der Waals surface area contributed by atoms with Gasteiger partial charge in [-0.15, -0.1) is 0 Å². The fourth-order valence-electron chi connectivity index (χ4n) is 2.28. The molecular formula is C18H17BrN4O2. The van der Waals surface area contributed by atoms with Crippen LogP contribution in [0.5, 0.6) is 5.75 Å². The second kappa shape index (κ2) is 7.06. The van der Waals surface area contributed by atoms with Gasteiger partial charge in [0, 0.05) is 34.9 Å². The highest BCUT2D eigenvalue weighted by molar-refractivity contribution is 9.10. The number of aromatic nitrogens is 2. The number of phenolic OH excluding ortho intramolecular Hbond substituents is 1. The minimum absolute atomic E-state index is 0.0905. The minimum atomic E-state index is -0.107.